The lowest BCUT2D eigenvalue weighted by Gasteiger charge is -2.31. The monoisotopic (exact) mass is 470 g/mol. The van der Waals surface area contributed by atoms with Crippen LogP contribution in [0.1, 0.15) is 28.8 Å². The molecular weight excluding hydrogens is 445 g/mol. The number of carbonyl (C=O) groups excluding carboxylic acids is 2. The van der Waals surface area contributed by atoms with Gasteiger partial charge in [-0.15, -0.1) is 0 Å². The fraction of sp³-hybridized carbons (Fsp3) is 0.308. The van der Waals surface area contributed by atoms with E-state index in [9.17, 15) is 22.8 Å². The van der Waals surface area contributed by atoms with E-state index in [2.05, 4.69) is 10.1 Å². The fourth-order valence-electron chi connectivity index (χ4n) is 4.13. The van der Waals surface area contributed by atoms with Crippen molar-refractivity contribution in [2.75, 3.05) is 19.7 Å². The molecule has 1 saturated heterocycles. The van der Waals surface area contributed by atoms with Crippen molar-refractivity contribution in [1.29, 1.82) is 0 Å². The van der Waals surface area contributed by atoms with Crippen LogP contribution in [-0.4, -0.2) is 42.6 Å². The maximum atomic E-state index is 13.1. The molecule has 1 aliphatic heterocycles. The summed E-state index contributed by atoms with van der Waals surface area (Å²) in [5.41, 5.74) is 1.43. The van der Waals surface area contributed by atoms with Gasteiger partial charge in [-0.05, 0) is 47.4 Å². The maximum Gasteiger partial charge on any atom is 0.422 e. The minimum Gasteiger partial charge on any atom is -0.484 e. The van der Waals surface area contributed by atoms with Gasteiger partial charge in [-0.1, -0.05) is 48.5 Å². The van der Waals surface area contributed by atoms with Crippen molar-refractivity contribution in [3.63, 3.8) is 0 Å². The highest BCUT2D eigenvalue weighted by molar-refractivity contribution is 6.07. The summed E-state index contributed by atoms with van der Waals surface area (Å²) in [7, 11) is 0. The van der Waals surface area contributed by atoms with E-state index in [1.165, 1.54) is 12.1 Å². The number of carbonyl (C=O) groups is 2. The van der Waals surface area contributed by atoms with Gasteiger partial charge >= 0.3 is 6.18 Å². The van der Waals surface area contributed by atoms with Crippen LogP contribution >= 0.6 is 0 Å². The number of amides is 2. The Morgan fingerprint density at radius 1 is 0.941 bits per heavy atom. The maximum absolute atomic E-state index is 13.1. The fourth-order valence-corrected chi connectivity index (χ4v) is 4.13. The van der Waals surface area contributed by atoms with Crippen molar-refractivity contribution in [1.82, 2.24) is 10.2 Å². The van der Waals surface area contributed by atoms with Crippen molar-refractivity contribution in [2.45, 2.75) is 25.6 Å². The van der Waals surface area contributed by atoms with E-state index in [-0.39, 0.29) is 30.0 Å². The van der Waals surface area contributed by atoms with Gasteiger partial charge in [-0.25, -0.2) is 0 Å². The number of rotatable bonds is 6. The molecule has 3 aromatic rings. The quantitative estimate of drug-likeness (QED) is 0.555. The molecule has 0 aliphatic carbocycles. The number of hydrogen-bond acceptors (Lipinski definition) is 3. The molecule has 178 valence electrons. The van der Waals surface area contributed by atoms with Gasteiger partial charge in [0.15, 0.2) is 6.61 Å². The number of likely N-dealkylation sites (tertiary alicyclic amines) is 1. The highest BCUT2D eigenvalue weighted by Crippen LogP contribution is 2.24. The van der Waals surface area contributed by atoms with Crippen molar-refractivity contribution in [2.24, 2.45) is 5.92 Å². The molecule has 0 unspecified atom stereocenters. The molecule has 0 bridgehead atoms. The number of nitrogens with zero attached hydrogens (tertiary/aromatic N) is 1. The largest absolute Gasteiger partial charge is 0.484 e. The second-order valence-electron chi connectivity index (χ2n) is 8.36. The molecule has 3 aromatic carbocycles. The molecule has 0 aromatic heterocycles. The molecule has 1 fully saturated rings. The standard InChI is InChI=1S/C26H25F3N2O3/c27-26(28,29)17-34-21-10-8-18(9-11-21)16-30-24(32)20-12-14-31(15-13-20)25(33)23-7-3-5-19-4-1-2-6-22(19)23/h1-11,20H,12-17H2,(H,30,32). The summed E-state index contributed by atoms with van der Waals surface area (Å²) < 4.78 is 41.4. The Morgan fingerprint density at radius 2 is 1.62 bits per heavy atom. The van der Waals surface area contributed by atoms with Crippen LogP contribution in [0.3, 0.4) is 0 Å². The first-order valence-electron chi connectivity index (χ1n) is 11.1. The van der Waals surface area contributed by atoms with Crippen LogP contribution in [-0.2, 0) is 11.3 Å². The number of ether oxygens (including phenoxy) is 1. The third-order valence-corrected chi connectivity index (χ3v) is 5.97. The van der Waals surface area contributed by atoms with Crippen LogP contribution in [0.5, 0.6) is 5.75 Å². The molecule has 0 atom stereocenters. The molecular formula is C26H25F3N2O3. The van der Waals surface area contributed by atoms with Crippen LogP contribution < -0.4 is 10.1 Å². The zero-order valence-electron chi connectivity index (χ0n) is 18.5. The lowest BCUT2D eigenvalue weighted by molar-refractivity contribution is -0.153. The van der Waals surface area contributed by atoms with Crippen molar-refractivity contribution in [3.05, 3.63) is 77.9 Å². The minimum atomic E-state index is -4.39. The van der Waals surface area contributed by atoms with Gasteiger partial charge in [0.05, 0.1) is 0 Å². The van der Waals surface area contributed by atoms with Gasteiger partial charge in [0, 0.05) is 31.1 Å². The number of alkyl halides is 3. The van der Waals surface area contributed by atoms with E-state index in [0.717, 1.165) is 16.3 Å². The molecule has 0 saturated carbocycles. The SMILES string of the molecule is O=C(NCc1ccc(OCC(F)(F)F)cc1)C1CCN(C(=O)c2cccc3ccccc23)CC1. The third-order valence-electron chi connectivity index (χ3n) is 5.97. The molecule has 5 nitrogen and oxygen atoms in total. The topological polar surface area (TPSA) is 58.6 Å². The number of hydrogen-bond donors (Lipinski definition) is 1. The van der Waals surface area contributed by atoms with Gasteiger partial charge in [-0.3, -0.25) is 9.59 Å². The number of piperidine rings is 1. The number of benzene rings is 3. The molecule has 1 aliphatic rings. The Labute approximate surface area is 195 Å². The van der Waals surface area contributed by atoms with Crippen molar-refractivity contribution in [3.8, 4) is 5.75 Å². The number of nitrogens with one attached hydrogen (secondary N) is 1. The predicted molar refractivity (Wildman–Crippen MR) is 122 cm³/mol. The summed E-state index contributed by atoms with van der Waals surface area (Å²) in [4.78, 5) is 27.5. The van der Waals surface area contributed by atoms with Gasteiger partial charge in [-0.2, -0.15) is 13.2 Å². The first kappa shape index (κ1) is 23.6. The highest BCUT2D eigenvalue weighted by atomic mass is 19.4. The molecule has 8 heteroatoms. The zero-order valence-corrected chi connectivity index (χ0v) is 18.5. The molecule has 0 radical (unpaired) electrons. The Kier molecular flexibility index (Phi) is 7.05. The number of halogens is 3. The molecule has 1 heterocycles. The van der Waals surface area contributed by atoms with E-state index in [4.69, 9.17) is 0 Å². The molecule has 4 rings (SSSR count). The van der Waals surface area contributed by atoms with Gasteiger partial charge < -0.3 is 15.0 Å². The Morgan fingerprint density at radius 3 is 2.32 bits per heavy atom. The van der Waals surface area contributed by atoms with E-state index < -0.39 is 12.8 Å². The molecule has 34 heavy (non-hydrogen) atoms. The molecule has 0 spiro atoms. The van der Waals surface area contributed by atoms with Gasteiger partial charge in [0.25, 0.3) is 5.91 Å². The first-order chi connectivity index (χ1) is 16.3. The summed E-state index contributed by atoms with van der Waals surface area (Å²) in [6, 6.07) is 19.6. The third kappa shape index (κ3) is 5.87. The smallest absolute Gasteiger partial charge is 0.422 e. The van der Waals surface area contributed by atoms with Crippen molar-refractivity contribution >= 4 is 22.6 Å². The Balaban J connectivity index is 1.26. The summed E-state index contributed by atoms with van der Waals surface area (Å²) >= 11 is 0. The summed E-state index contributed by atoms with van der Waals surface area (Å²) in [5.74, 6) is -0.181. The second-order valence-corrected chi connectivity index (χ2v) is 8.36. The normalized spacial score (nSPS) is 14.7. The van der Waals surface area contributed by atoms with Crippen LogP contribution in [0, 0.1) is 5.92 Å². The van der Waals surface area contributed by atoms with Crippen LogP contribution in [0.25, 0.3) is 10.8 Å². The Bertz CT molecular complexity index is 1150. The predicted octanol–water partition coefficient (Wildman–Crippen LogP) is 4.95. The van der Waals surface area contributed by atoms with E-state index in [1.54, 1.807) is 17.0 Å². The highest BCUT2D eigenvalue weighted by Gasteiger charge is 2.29. The zero-order chi connectivity index (χ0) is 24.1. The Hall–Kier alpha value is -3.55. The lowest BCUT2D eigenvalue weighted by Crippen LogP contribution is -2.43. The first-order valence-corrected chi connectivity index (χ1v) is 11.1. The molecule has 2 amide bonds. The second kappa shape index (κ2) is 10.2. The lowest BCUT2D eigenvalue weighted by atomic mass is 9.94. The minimum absolute atomic E-state index is 0.0245. The van der Waals surface area contributed by atoms with Crippen LogP contribution in [0.15, 0.2) is 66.7 Å². The summed E-state index contributed by atoms with van der Waals surface area (Å²) in [5, 5.41) is 4.82. The molecule has 1 N–H and O–H groups in total. The van der Waals surface area contributed by atoms with Crippen LogP contribution in [0.4, 0.5) is 13.2 Å². The van der Waals surface area contributed by atoms with E-state index in [1.807, 2.05) is 42.5 Å². The average molecular weight is 470 g/mol. The summed E-state index contributed by atoms with van der Waals surface area (Å²) in [6.07, 6.45) is -3.24. The van der Waals surface area contributed by atoms with Crippen molar-refractivity contribution < 1.29 is 27.5 Å². The van der Waals surface area contributed by atoms with E-state index in [0.29, 0.717) is 31.5 Å². The average Bonchev–Trinajstić information content (AvgIpc) is 2.85. The van der Waals surface area contributed by atoms with E-state index >= 15 is 0 Å². The van der Waals surface area contributed by atoms with Gasteiger partial charge in [0.1, 0.15) is 5.75 Å². The number of fused-ring (bicyclic) bond motifs is 1. The van der Waals surface area contributed by atoms with Crippen LogP contribution in [0.2, 0.25) is 0 Å². The van der Waals surface area contributed by atoms with Gasteiger partial charge in [0.2, 0.25) is 5.91 Å². The summed E-state index contributed by atoms with van der Waals surface area (Å²) in [6.45, 7) is -0.0604.